The molecule has 0 N–H and O–H groups in total. The summed E-state index contributed by atoms with van der Waals surface area (Å²) in [5.74, 6) is -0.620. The van der Waals surface area contributed by atoms with E-state index in [0.29, 0.717) is 0 Å². The summed E-state index contributed by atoms with van der Waals surface area (Å²) in [6.45, 7) is 0. The molecular weight excluding hydrogens is 334 g/mol. The predicted octanol–water partition coefficient (Wildman–Crippen LogP) is -6.68. The second-order valence-electron chi connectivity index (χ2n) is 3.04. The largest absolute Gasteiger partial charge is 1.00 e. The van der Waals surface area contributed by atoms with Crippen molar-refractivity contribution in [1.29, 1.82) is 0 Å². The summed E-state index contributed by atoms with van der Waals surface area (Å²) in [4.78, 5) is 7.86. The van der Waals surface area contributed by atoms with Crippen molar-refractivity contribution >= 4 is 26.5 Å². The van der Waals surface area contributed by atoms with Gasteiger partial charge in [0.1, 0.15) is 30.9 Å². The van der Waals surface area contributed by atoms with Gasteiger partial charge in [0, 0.05) is 5.56 Å². The Morgan fingerprint density at radius 2 is 1.45 bits per heavy atom. The third-order valence-corrected chi connectivity index (χ3v) is 3.93. The quantitative estimate of drug-likeness (QED) is 0.299. The Hall–Kier alpha value is 0.510. The minimum absolute atomic E-state index is 0. The average molecular weight is 340 g/mol. The van der Waals surface area contributed by atoms with Crippen LogP contribution in [0.5, 0.6) is 5.75 Å². The first-order valence-electron chi connectivity index (χ1n) is 4.21. The zero-order valence-electron chi connectivity index (χ0n) is 10.8. The third kappa shape index (κ3) is 5.05. The fraction of sp³-hybridized carbons (Fsp3) is 0.125. The van der Waals surface area contributed by atoms with Crippen LogP contribution < -0.4 is 63.9 Å². The number of aldehydes is 1. The molecule has 0 bridgehead atoms. The molecule has 1 aromatic rings. The molecule has 20 heavy (non-hydrogen) atoms. The van der Waals surface area contributed by atoms with Gasteiger partial charge in [-0.25, -0.2) is 16.8 Å². The van der Waals surface area contributed by atoms with Gasteiger partial charge in [0.2, 0.25) is 0 Å². The molecule has 0 saturated carbocycles. The predicted molar refractivity (Wildman–Crippen MR) is 54.3 cm³/mol. The molecule has 0 aliphatic rings. The first kappa shape index (κ1) is 22.8. The molecule has 0 aliphatic heterocycles. The number of hydrogen-bond donors (Lipinski definition) is 0. The second-order valence-corrected chi connectivity index (χ2v) is 5.67. The Morgan fingerprint density at radius 3 is 1.75 bits per heavy atom. The summed E-state index contributed by atoms with van der Waals surface area (Å²) in [6, 6.07) is 1.77. The van der Waals surface area contributed by atoms with E-state index >= 15 is 0 Å². The molecule has 0 unspecified atom stereocenters. The van der Waals surface area contributed by atoms with E-state index in [2.05, 4.69) is 4.74 Å². The summed E-state index contributed by atoms with van der Waals surface area (Å²) in [6.07, 6.45) is -0.0428. The van der Waals surface area contributed by atoms with Crippen molar-refractivity contribution in [1.82, 2.24) is 0 Å². The SMILES string of the molecule is COc1ccc(C=O)c(S(=O)(=O)[O-])c1S(=O)(=O)[O-].[Na+].[Na+]. The molecule has 0 radical (unpaired) electrons. The Labute approximate surface area is 160 Å². The number of methoxy groups -OCH3 is 1. The van der Waals surface area contributed by atoms with E-state index in [1.807, 2.05) is 0 Å². The number of hydrogen-bond acceptors (Lipinski definition) is 8. The summed E-state index contributed by atoms with van der Waals surface area (Å²) in [5.41, 5.74) is -0.722. The van der Waals surface area contributed by atoms with Gasteiger partial charge in [0.25, 0.3) is 0 Å². The first-order chi connectivity index (χ1) is 8.12. The number of ether oxygens (including phenoxy) is 1. The number of carbonyl (C=O) groups is 1. The number of rotatable bonds is 4. The van der Waals surface area contributed by atoms with Crippen molar-refractivity contribution in [3.63, 3.8) is 0 Å². The van der Waals surface area contributed by atoms with Crippen LogP contribution in [0.1, 0.15) is 10.4 Å². The molecule has 0 heterocycles. The van der Waals surface area contributed by atoms with Crippen LogP contribution in [0.3, 0.4) is 0 Å². The smallest absolute Gasteiger partial charge is 0.744 e. The van der Waals surface area contributed by atoms with Gasteiger partial charge >= 0.3 is 59.1 Å². The molecule has 8 nitrogen and oxygen atoms in total. The van der Waals surface area contributed by atoms with Crippen LogP contribution in [-0.2, 0) is 20.2 Å². The Balaban J connectivity index is 0. The van der Waals surface area contributed by atoms with Gasteiger partial charge in [-0.1, -0.05) is 0 Å². The van der Waals surface area contributed by atoms with Gasteiger partial charge in [-0.05, 0) is 12.1 Å². The maximum absolute atomic E-state index is 11.0. The van der Waals surface area contributed by atoms with E-state index in [1.54, 1.807) is 0 Å². The van der Waals surface area contributed by atoms with Crippen molar-refractivity contribution in [3.8, 4) is 5.75 Å². The van der Waals surface area contributed by atoms with Gasteiger partial charge in [0.15, 0.2) is 6.29 Å². The van der Waals surface area contributed by atoms with Crippen molar-refractivity contribution in [2.24, 2.45) is 0 Å². The van der Waals surface area contributed by atoms with Crippen molar-refractivity contribution in [3.05, 3.63) is 17.7 Å². The molecule has 12 heteroatoms. The Morgan fingerprint density at radius 1 is 1.00 bits per heavy atom. The minimum atomic E-state index is -5.33. The van der Waals surface area contributed by atoms with Gasteiger partial charge < -0.3 is 13.8 Å². The molecule has 100 valence electrons. The van der Waals surface area contributed by atoms with Crippen LogP contribution in [0.2, 0.25) is 0 Å². The zero-order chi connectivity index (χ0) is 14.1. The minimum Gasteiger partial charge on any atom is -0.744 e. The van der Waals surface area contributed by atoms with E-state index in [1.165, 1.54) is 0 Å². The van der Waals surface area contributed by atoms with Crippen LogP contribution in [0.25, 0.3) is 0 Å². The fourth-order valence-electron chi connectivity index (χ4n) is 1.31. The van der Waals surface area contributed by atoms with Gasteiger partial charge in [-0.3, -0.25) is 4.79 Å². The van der Waals surface area contributed by atoms with Gasteiger partial charge in [-0.2, -0.15) is 0 Å². The number of carbonyl (C=O) groups excluding carboxylic acids is 1. The van der Waals surface area contributed by atoms with Crippen molar-refractivity contribution in [2.75, 3.05) is 7.11 Å². The van der Waals surface area contributed by atoms with Gasteiger partial charge in [0.05, 0.1) is 12.0 Å². The molecule has 0 amide bonds. The first-order valence-corrected chi connectivity index (χ1v) is 7.02. The fourth-order valence-corrected chi connectivity index (χ4v) is 3.40. The van der Waals surface area contributed by atoms with E-state index in [9.17, 15) is 30.7 Å². The van der Waals surface area contributed by atoms with Gasteiger partial charge in [-0.15, -0.1) is 0 Å². The van der Waals surface area contributed by atoms with E-state index in [0.717, 1.165) is 19.2 Å². The van der Waals surface area contributed by atoms with E-state index < -0.39 is 41.3 Å². The average Bonchev–Trinajstić information content (AvgIpc) is 2.24. The molecule has 0 aliphatic carbocycles. The van der Waals surface area contributed by atoms with Crippen LogP contribution in [-0.4, -0.2) is 39.3 Å². The Kier molecular flexibility index (Phi) is 9.37. The summed E-state index contributed by atoms with van der Waals surface area (Å²) in [7, 11) is -9.66. The molecule has 1 rings (SSSR count). The molecule has 0 saturated heterocycles. The molecule has 0 spiro atoms. The van der Waals surface area contributed by atoms with Crippen LogP contribution in [0.15, 0.2) is 21.9 Å². The molecule has 0 fully saturated rings. The van der Waals surface area contributed by atoms with Crippen molar-refractivity contribution < 1.29 is 94.6 Å². The standard InChI is InChI=1S/C8H8O8S2.2Na/c1-16-6-3-2-5(4-9)7(17(10,11)12)8(6)18(13,14)15;;/h2-4H,1H3,(H,10,11,12)(H,13,14,15);;/q;2*+1/p-2. The third-order valence-electron chi connectivity index (χ3n) is 1.95. The van der Waals surface area contributed by atoms with E-state index in [4.69, 9.17) is 0 Å². The summed E-state index contributed by atoms with van der Waals surface area (Å²) < 4.78 is 70.4. The van der Waals surface area contributed by atoms with Crippen LogP contribution >= 0.6 is 0 Å². The van der Waals surface area contributed by atoms with E-state index in [-0.39, 0.29) is 65.4 Å². The Bertz CT molecular complexity index is 695. The molecular formula is C8H6Na2O8S2. The molecule has 0 atom stereocenters. The summed E-state index contributed by atoms with van der Waals surface area (Å²) in [5, 5.41) is 0. The second kappa shape index (κ2) is 8.22. The topological polar surface area (TPSA) is 141 Å². The maximum atomic E-state index is 11.0. The molecule has 1 aromatic carbocycles. The zero-order valence-corrected chi connectivity index (χ0v) is 16.4. The van der Waals surface area contributed by atoms with Crippen LogP contribution in [0.4, 0.5) is 0 Å². The summed E-state index contributed by atoms with van der Waals surface area (Å²) >= 11 is 0. The molecule has 0 aromatic heterocycles. The maximum Gasteiger partial charge on any atom is 1.00 e. The number of benzene rings is 1. The van der Waals surface area contributed by atoms with Crippen LogP contribution in [0, 0.1) is 0 Å². The normalized spacial score (nSPS) is 10.9. The van der Waals surface area contributed by atoms with Crippen molar-refractivity contribution in [2.45, 2.75) is 9.79 Å². The monoisotopic (exact) mass is 340 g/mol.